The standard InChI is InChI=1S/C14H33NO3Si3/c1-12(2)13(16)15-11-9-10-14(19,17-20(3,4)5)18-21(6,7)8/h1,9-11H2,2-8,19H3,(H,15,16). The van der Waals surface area contributed by atoms with Gasteiger partial charge in [-0.1, -0.05) is 6.58 Å². The van der Waals surface area contributed by atoms with E-state index in [1.807, 2.05) is 0 Å². The number of rotatable bonds is 9. The van der Waals surface area contributed by atoms with Crippen LogP contribution in [0, 0.1) is 0 Å². The first-order valence-corrected chi connectivity index (χ1v) is 15.4. The van der Waals surface area contributed by atoms with Gasteiger partial charge in [0.25, 0.3) is 0 Å². The van der Waals surface area contributed by atoms with Crippen LogP contribution in [0.25, 0.3) is 0 Å². The van der Waals surface area contributed by atoms with Crippen LogP contribution < -0.4 is 5.32 Å². The number of hydrogen-bond donors (Lipinski definition) is 1. The van der Waals surface area contributed by atoms with E-state index >= 15 is 0 Å². The number of carbonyl (C=O) groups is 1. The fraction of sp³-hybridized carbons (Fsp3) is 0.786. The predicted octanol–water partition coefficient (Wildman–Crippen LogP) is 2.18. The lowest BCUT2D eigenvalue weighted by Gasteiger charge is -2.41. The van der Waals surface area contributed by atoms with E-state index < -0.39 is 22.0 Å². The Hall–Kier alpha value is -0.219. The quantitative estimate of drug-likeness (QED) is 0.301. The molecule has 0 atom stereocenters. The zero-order valence-electron chi connectivity index (χ0n) is 15.1. The molecule has 0 aliphatic rings. The highest BCUT2D eigenvalue weighted by molar-refractivity contribution is 6.71. The first kappa shape index (κ1) is 20.8. The SMILES string of the molecule is C=C(C)C(=O)NCCCC([SiH3])(O[Si](C)(C)C)O[Si](C)(C)C. The normalized spacial score (nSPS) is 13.3. The Kier molecular flexibility index (Phi) is 7.78. The lowest BCUT2D eigenvalue weighted by Crippen LogP contribution is -2.51. The Morgan fingerprint density at radius 2 is 1.57 bits per heavy atom. The van der Waals surface area contributed by atoms with Gasteiger partial charge in [-0.05, 0) is 59.0 Å². The summed E-state index contributed by atoms with van der Waals surface area (Å²) in [6.45, 7) is 19.1. The second-order valence-electron chi connectivity index (χ2n) is 7.70. The summed E-state index contributed by atoms with van der Waals surface area (Å²) in [5.74, 6) is -0.0776. The molecule has 1 amide bonds. The Labute approximate surface area is 135 Å². The summed E-state index contributed by atoms with van der Waals surface area (Å²) in [6.07, 6.45) is 1.70. The van der Waals surface area contributed by atoms with Gasteiger partial charge in [-0.3, -0.25) is 4.79 Å². The van der Waals surface area contributed by atoms with Crippen molar-refractivity contribution >= 4 is 32.8 Å². The van der Waals surface area contributed by atoms with Crippen molar-refractivity contribution in [2.45, 2.75) is 64.5 Å². The summed E-state index contributed by atoms with van der Waals surface area (Å²) < 4.78 is 12.7. The highest BCUT2D eigenvalue weighted by Gasteiger charge is 2.35. The molecule has 0 fully saturated rings. The minimum atomic E-state index is -1.66. The predicted molar refractivity (Wildman–Crippen MR) is 98.6 cm³/mol. The molecule has 21 heavy (non-hydrogen) atoms. The van der Waals surface area contributed by atoms with Crippen molar-refractivity contribution in [3.63, 3.8) is 0 Å². The van der Waals surface area contributed by atoms with E-state index in [1.54, 1.807) is 6.92 Å². The van der Waals surface area contributed by atoms with Gasteiger partial charge in [-0.15, -0.1) is 0 Å². The molecule has 0 aromatic heterocycles. The van der Waals surface area contributed by atoms with Crippen molar-refractivity contribution in [3.05, 3.63) is 12.2 Å². The minimum absolute atomic E-state index is 0.0776. The summed E-state index contributed by atoms with van der Waals surface area (Å²) in [6, 6.07) is 0. The van der Waals surface area contributed by atoms with Gasteiger partial charge in [0.1, 0.15) is 5.41 Å². The van der Waals surface area contributed by atoms with Crippen molar-refractivity contribution in [1.29, 1.82) is 0 Å². The summed E-state index contributed by atoms with van der Waals surface area (Å²) in [5, 5.41) is 2.87. The number of nitrogens with one attached hydrogen (secondary N) is 1. The minimum Gasteiger partial charge on any atom is -0.395 e. The van der Waals surface area contributed by atoms with E-state index in [0.717, 1.165) is 23.1 Å². The van der Waals surface area contributed by atoms with Gasteiger partial charge in [0, 0.05) is 12.1 Å². The molecule has 0 heterocycles. The molecule has 0 aliphatic heterocycles. The van der Waals surface area contributed by atoms with Crippen LogP contribution in [0.1, 0.15) is 19.8 Å². The molecule has 0 bridgehead atoms. The first-order chi connectivity index (χ1) is 9.24. The van der Waals surface area contributed by atoms with Crippen LogP contribution in [0.4, 0.5) is 0 Å². The van der Waals surface area contributed by atoms with Crippen LogP contribution in [0.5, 0.6) is 0 Å². The van der Waals surface area contributed by atoms with Gasteiger partial charge in [0.2, 0.25) is 5.91 Å². The van der Waals surface area contributed by atoms with Gasteiger partial charge < -0.3 is 14.2 Å². The second kappa shape index (κ2) is 7.87. The van der Waals surface area contributed by atoms with Gasteiger partial charge in [0.05, 0.1) is 10.2 Å². The average Bonchev–Trinajstić information content (AvgIpc) is 2.18. The Bertz CT molecular complexity index is 357. The molecule has 7 heteroatoms. The molecular formula is C14H33NO3Si3. The number of amides is 1. The summed E-state index contributed by atoms with van der Waals surface area (Å²) in [7, 11) is -2.49. The lowest BCUT2D eigenvalue weighted by molar-refractivity contribution is -0.117. The van der Waals surface area contributed by atoms with Crippen molar-refractivity contribution in [2.24, 2.45) is 0 Å². The van der Waals surface area contributed by atoms with Gasteiger partial charge in [0.15, 0.2) is 16.6 Å². The molecule has 0 aromatic rings. The largest absolute Gasteiger partial charge is 0.395 e. The molecule has 124 valence electrons. The summed E-state index contributed by atoms with van der Waals surface area (Å²) in [4.78, 5) is 11.5. The molecule has 0 spiro atoms. The van der Waals surface area contributed by atoms with Crippen LogP contribution in [-0.4, -0.2) is 44.7 Å². The average molecular weight is 348 g/mol. The molecular weight excluding hydrogens is 314 g/mol. The molecule has 0 radical (unpaired) electrons. The maximum absolute atomic E-state index is 11.5. The Morgan fingerprint density at radius 1 is 1.14 bits per heavy atom. The second-order valence-corrected chi connectivity index (χ2v) is 18.1. The lowest BCUT2D eigenvalue weighted by atomic mass is 10.2. The highest BCUT2D eigenvalue weighted by atomic mass is 28.4. The van der Waals surface area contributed by atoms with Gasteiger partial charge in [-0.2, -0.15) is 0 Å². The van der Waals surface area contributed by atoms with E-state index in [-0.39, 0.29) is 5.91 Å². The maximum atomic E-state index is 11.5. The van der Waals surface area contributed by atoms with E-state index in [2.05, 4.69) is 51.2 Å². The maximum Gasteiger partial charge on any atom is 0.246 e. The Balaban J connectivity index is 4.55. The van der Waals surface area contributed by atoms with Crippen LogP contribution in [0.15, 0.2) is 12.2 Å². The van der Waals surface area contributed by atoms with Crippen LogP contribution in [0.3, 0.4) is 0 Å². The van der Waals surface area contributed by atoms with Crippen molar-refractivity contribution in [1.82, 2.24) is 5.32 Å². The van der Waals surface area contributed by atoms with E-state index in [1.165, 1.54) is 0 Å². The zero-order chi connectivity index (χ0) is 16.9. The molecule has 0 rings (SSSR count). The topological polar surface area (TPSA) is 47.6 Å². The molecule has 0 saturated carbocycles. The van der Waals surface area contributed by atoms with E-state index in [4.69, 9.17) is 8.85 Å². The fourth-order valence-corrected chi connectivity index (χ4v) is 9.17. The smallest absolute Gasteiger partial charge is 0.246 e. The highest BCUT2D eigenvalue weighted by Crippen LogP contribution is 2.25. The van der Waals surface area contributed by atoms with Crippen LogP contribution in [-0.2, 0) is 13.6 Å². The monoisotopic (exact) mass is 347 g/mol. The third-order valence-corrected chi connectivity index (χ3v) is 6.34. The first-order valence-electron chi connectivity index (χ1n) is 7.58. The van der Waals surface area contributed by atoms with Crippen molar-refractivity contribution < 1.29 is 13.6 Å². The molecule has 0 aliphatic carbocycles. The fourth-order valence-electron chi connectivity index (χ4n) is 2.18. The molecule has 4 nitrogen and oxygen atoms in total. The summed E-state index contributed by atoms with van der Waals surface area (Å²) in [5.41, 5.74) is 0.131. The third kappa shape index (κ3) is 11.1. The van der Waals surface area contributed by atoms with E-state index in [9.17, 15) is 4.79 Å². The third-order valence-electron chi connectivity index (χ3n) is 2.53. The Morgan fingerprint density at radius 3 is 1.90 bits per heavy atom. The molecule has 1 N–H and O–H groups in total. The molecule has 0 saturated heterocycles. The zero-order valence-corrected chi connectivity index (χ0v) is 19.1. The van der Waals surface area contributed by atoms with Crippen molar-refractivity contribution in [3.8, 4) is 0 Å². The van der Waals surface area contributed by atoms with Crippen LogP contribution in [0.2, 0.25) is 39.3 Å². The number of carbonyl (C=O) groups excluding carboxylic acids is 1. The molecule has 0 unspecified atom stereocenters. The van der Waals surface area contributed by atoms with Gasteiger partial charge in [-0.25, -0.2) is 0 Å². The van der Waals surface area contributed by atoms with E-state index in [0.29, 0.717) is 12.1 Å². The number of hydrogen-bond acceptors (Lipinski definition) is 3. The van der Waals surface area contributed by atoms with Crippen LogP contribution >= 0.6 is 0 Å². The van der Waals surface area contributed by atoms with Crippen molar-refractivity contribution in [2.75, 3.05) is 6.54 Å². The molecule has 0 aromatic carbocycles. The van der Waals surface area contributed by atoms with Gasteiger partial charge >= 0.3 is 0 Å². The summed E-state index contributed by atoms with van der Waals surface area (Å²) >= 11 is 0.